The minimum atomic E-state index is -0.788. The van der Waals surface area contributed by atoms with Gasteiger partial charge in [-0.1, -0.05) is 37.3 Å². The molecule has 2 atom stereocenters. The number of ether oxygens (including phenoxy) is 2. The van der Waals surface area contributed by atoms with Crippen LogP contribution < -0.4 is 5.32 Å². The first kappa shape index (κ1) is 19.0. The number of esters is 1. The van der Waals surface area contributed by atoms with Crippen LogP contribution in [0.2, 0.25) is 0 Å². The molecular weight excluding hydrogens is 318 g/mol. The summed E-state index contributed by atoms with van der Waals surface area (Å²) in [5, 5.41) is 2.61. The molecule has 2 rings (SSSR count). The molecule has 1 amide bonds. The van der Waals surface area contributed by atoms with E-state index < -0.39 is 23.7 Å². The highest BCUT2D eigenvalue weighted by molar-refractivity contribution is 5.81. The molecule has 1 unspecified atom stereocenters. The van der Waals surface area contributed by atoms with Crippen LogP contribution in [0.4, 0.5) is 4.79 Å². The van der Waals surface area contributed by atoms with E-state index in [-0.39, 0.29) is 0 Å². The Balaban J connectivity index is 2.12. The first-order valence-corrected chi connectivity index (χ1v) is 8.55. The third kappa shape index (κ3) is 5.62. The zero-order valence-corrected chi connectivity index (χ0v) is 15.6. The Bertz CT molecular complexity index is 673. The summed E-state index contributed by atoms with van der Waals surface area (Å²) < 4.78 is 10.1. The highest BCUT2D eigenvalue weighted by Crippen LogP contribution is 2.24. The number of alkyl carbamates (subject to hydrolysis) is 1. The molecule has 1 aromatic rings. The van der Waals surface area contributed by atoms with Gasteiger partial charge in [0, 0.05) is 6.42 Å². The van der Waals surface area contributed by atoms with Crippen LogP contribution in [0.25, 0.3) is 6.08 Å². The normalized spacial score (nSPS) is 17.4. The molecule has 1 aliphatic rings. The highest BCUT2D eigenvalue weighted by atomic mass is 16.6. The lowest BCUT2D eigenvalue weighted by Crippen LogP contribution is -2.45. The molecule has 0 spiro atoms. The van der Waals surface area contributed by atoms with Crippen molar-refractivity contribution in [2.45, 2.75) is 52.2 Å². The van der Waals surface area contributed by atoms with Gasteiger partial charge >= 0.3 is 12.1 Å². The summed E-state index contributed by atoms with van der Waals surface area (Å²) in [4.78, 5) is 24.0. The van der Waals surface area contributed by atoms with Crippen molar-refractivity contribution in [1.29, 1.82) is 0 Å². The lowest BCUT2D eigenvalue weighted by Gasteiger charge is -2.23. The van der Waals surface area contributed by atoms with Gasteiger partial charge < -0.3 is 14.8 Å². The Hall–Kier alpha value is -2.30. The van der Waals surface area contributed by atoms with Gasteiger partial charge in [-0.05, 0) is 49.8 Å². The number of nitrogens with one attached hydrogen (secondary N) is 1. The van der Waals surface area contributed by atoms with Crippen LogP contribution in [0.5, 0.6) is 0 Å². The molecule has 1 aromatic carbocycles. The molecule has 0 saturated carbocycles. The molecule has 0 saturated heterocycles. The summed E-state index contributed by atoms with van der Waals surface area (Å²) in [6.07, 6.45) is 5.03. The fourth-order valence-electron chi connectivity index (χ4n) is 2.82. The largest absolute Gasteiger partial charge is 0.467 e. The third-order valence-corrected chi connectivity index (χ3v) is 3.97. The fourth-order valence-corrected chi connectivity index (χ4v) is 2.82. The minimum absolute atomic E-state index is 0.350. The van der Waals surface area contributed by atoms with Gasteiger partial charge in [-0.2, -0.15) is 0 Å². The minimum Gasteiger partial charge on any atom is -0.467 e. The maximum absolute atomic E-state index is 12.0. The van der Waals surface area contributed by atoms with E-state index >= 15 is 0 Å². The van der Waals surface area contributed by atoms with E-state index in [1.165, 1.54) is 12.7 Å². The van der Waals surface area contributed by atoms with Crippen molar-refractivity contribution in [3.63, 3.8) is 0 Å². The number of hydrogen-bond donors (Lipinski definition) is 1. The Morgan fingerprint density at radius 2 is 2.04 bits per heavy atom. The van der Waals surface area contributed by atoms with Gasteiger partial charge in [0.2, 0.25) is 0 Å². The Kier molecular flexibility index (Phi) is 5.88. The number of benzene rings is 1. The van der Waals surface area contributed by atoms with E-state index in [9.17, 15) is 9.59 Å². The molecule has 1 aliphatic carbocycles. The molecule has 0 aromatic heterocycles. The molecule has 1 N–H and O–H groups in total. The van der Waals surface area contributed by atoms with Crippen molar-refractivity contribution in [2.75, 3.05) is 7.11 Å². The molecule has 5 heteroatoms. The molecule has 25 heavy (non-hydrogen) atoms. The zero-order valence-electron chi connectivity index (χ0n) is 15.6. The maximum Gasteiger partial charge on any atom is 0.408 e. The molecule has 136 valence electrons. The number of rotatable bonds is 4. The smallest absolute Gasteiger partial charge is 0.408 e. The van der Waals surface area contributed by atoms with E-state index in [0.717, 1.165) is 17.5 Å². The number of amides is 1. The molecule has 0 fully saturated rings. The molecule has 0 bridgehead atoms. The zero-order chi connectivity index (χ0) is 18.6. The van der Waals surface area contributed by atoms with Gasteiger partial charge in [0.1, 0.15) is 11.6 Å². The SMILES string of the molecule is COC(=O)[C@H](Cc1ccc2c(c1)C=CC(C)C2)NC(=O)OC(C)(C)C. The predicted molar refractivity (Wildman–Crippen MR) is 97.2 cm³/mol. The van der Waals surface area contributed by atoms with Crippen LogP contribution in [-0.4, -0.2) is 30.8 Å². The van der Waals surface area contributed by atoms with Gasteiger partial charge in [-0.25, -0.2) is 9.59 Å². The number of allylic oxidation sites excluding steroid dienone is 1. The Morgan fingerprint density at radius 3 is 2.68 bits per heavy atom. The van der Waals surface area contributed by atoms with Crippen molar-refractivity contribution >= 4 is 18.1 Å². The number of carbonyl (C=O) groups excluding carboxylic acids is 2. The second-order valence-electron chi connectivity index (χ2n) is 7.50. The predicted octanol–water partition coefficient (Wildman–Crippen LogP) is 3.50. The average molecular weight is 345 g/mol. The summed E-state index contributed by atoms with van der Waals surface area (Å²) in [7, 11) is 1.31. The van der Waals surface area contributed by atoms with E-state index in [1.54, 1.807) is 20.8 Å². The topological polar surface area (TPSA) is 64.6 Å². The molecule has 0 radical (unpaired) electrons. The van der Waals surface area contributed by atoms with Crippen LogP contribution in [0.1, 0.15) is 44.4 Å². The van der Waals surface area contributed by atoms with Crippen molar-refractivity contribution in [1.82, 2.24) is 5.32 Å². The quantitative estimate of drug-likeness (QED) is 0.848. The summed E-state index contributed by atoms with van der Waals surface area (Å²) in [6, 6.07) is 5.36. The standard InChI is InChI=1S/C20H27NO4/c1-13-6-8-16-11-14(7-9-15(16)10-13)12-17(18(22)24-5)21-19(23)25-20(2,3)4/h6-9,11,13,17H,10,12H2,1-5H3,(H,21,23)/t13?,17-/m0/s1. The highest BCUT2D eigenvalue weighted by Gasteiger charge is 2.25. The Labute approximate surface area is 149 Å². The van der Waals surface area contributed by atoms with Crippen molar-refractivity contribution in [2.24, 2.45) is 5.92 Å². The van der Waals surface area contributed by atoms with Crippen LogP contribution in [0.3, 0.4) is 0 Å². The summed E-state index contributed by atoms with van der Waals surface area (Å²) in [6.45, 7) is 7.51. The summed E-state index contributed by atoms with van der Waals surface area (Å²) in [5.41, 5.74) is 2.80. The van der Waals surface area contributed by atoms with Gasteiger partial charge in [-0.15, -0.1) is 0 Å². The number of methoxy groups -OCH3 is 1. The summed E-state index contributed by atoms with van der Waals surface area (Å²) >= 11 is 0. The van der Waals surface area contributed by atoms with E-state index in [1.807, 2.05) is 6.07 Å². The second-order valence-corrected chi connectivity index (χ2v) is 7.50. The monoisotopic (exact) mass is 345 g/mol. The van der Waals surface area contributed by atoms with Crippen LogP contribution >= 0.6 is 0 Å². The summed E-state index contributed by atoms with van der Waals surface area (Å²) in [5.74, 6) is 0.0442. The molecular formula is C20H27NO4. The lowest BCUT2D eigenvalue weighted by molar-refractivity contribution is -0.143. The maximum atomic E-state index is 12.0. The van der Waals surface area contributed by atoms with E-state index in [2.05, 4.69) is 36.5 Å². The van der Waals surface area contributed by atoms with E-state index in [4.69, 9.17) is 9.47 Å². The van der Waals surface area contributed by atoms with Gasteiger partial charge in [-0.3, -0.25) is 0 Å². The Morgan fingerprint density at radius 1 is 1.32 bits per heavy atom. The second kappa shape index (κ2) is 7.72. The van der Waals surface area contributed by atoms with Crippen molar-refractivity contribution in [3.8, 4) is 0 Å². The van der Waals surface area contributed by atoms with E-state index in [0.29, 0.717) is 12.3 Å². The number of fused-ring (bicyclic) bond motifs is 1. The molecule has 0 aliphatic heterocycles. The average Bonchev–Trinajstić information content (AvgIpc) is 2.51. The third-order valence-electron chi connectivity index (χ3n) is 3.97. The van der Waals surface area contributed by atoms with Crippen LogP contribution in [-0.2, 0) is 27.1 Å². The molecule has 0 heterocycles. The number of carbonyl (C=O) groups is 2. The van der Waals surface area contributed by atoms with Gasteiger partial charge in [0.15, 0.2) is 0 Å². The molecule has 5 nitrogen and oxygen atoms in total. The van der Waals surface area contributed by atoms with Crippen molar-refractivity contribution < 1.29 is 19.1 Å². The van der Waals surface area contributed by atoms with Crippen molar-refractivity contribution in [3.05, 3.63) is 41.0 Å². The first-order chi connectivity index (χ1) is 11.7. The lowest BCUT2D eigenvalue weighted by atomic mass is 9.89. The first-order valence-electron chi connectivity index (χ1n) is 8.55. The van der Waals surface area contributed by atoms with Gasteiger partial charge in [0.05, 0.1) is 7.11 Å². The number of hydrogen-bond acceptors (Lipinski definition) is 4. The van der Waals surface area contributed by atoms with Gasteiger partial charge in [0.25, 0.3) is 0 Å². The van der Waals surface area contributed by atoms with Crippen LogP contribution in [0, 0.1) is 5.92 Å². The van der Waals surface area contributed by atoms with Crippen LogP contribution in [0.15, 0.2) is 24.3 Å². The fraction of sp³-hybridized carbons (Fsp3) is 0.500.